The van der Waals surface area contributed by atoms with Crippen LogP contribution in [-0.4, -0.2) is 81.4 Å². The van der Waals surface area contributed by atoms with Crippen molar-refractivity contribution in [3.8, 4) is 5.75 Å². The molecule has 2 aliphatic rings. The number of tetrazole rings is 1. The molecule has 2 fully saturated rings. The van der Waals surface area contributed by atoms with Crippen molar-refractivity contribution in [1.29, 1.82) is 0 Å². The second-order valence-corrected chi connectivity index (χ2v) is 7.92. The molecule has 0 bridgehead atoms. The molecule has 9 heteroatoms. The molecule has 0 aliphatic carbocycles. The Labute approximate surface area is 176 Å². The first-order valence-electron chi connectivity index (χ1n) is 10.7. The molecule has 0 N–H and O–H groups in total. The number of nitrogens with zero attached hydrogens (tertiary/aromatic N) is 6. The number of hydrogen-bond acceptors (Lipinski definition) is 7. The van der Waals surface area contributed by atoms with E-state index in [4.69, 9.17) is 9.47 Å². The molecule has 0 spiro atoms. The number of amides is 1. The molecule has 0 saturated carbocycles. The molecular formula is C21H30N6O3. The van der Waals surface area contributed by atoms with Crippen LogP contribution in [0.5, 0.6) is 5.75 Å². The van der Waals surface area contributed by atoms with E-state index in [0.29, 0.717) is 19.5 Å². The highest BCUT2D eigenvalue weighted by Gasteiger charge is 2.24. The molecule has 0 radical (unpaired) electrons. The quantitative estimate of drug-likeness (QED) is 0.674. The molecule has 162 valence electrons. The minimum Gasteiger partial charge on any atom is -0.490 e. The molecule has 1 aromatic carbocycles. The second-order valence-electron chi connectivity index (χ2n) is 7.92. The van der Waals surface area contributed by atoms with E-state index in [1.165, 1.54) is 0 Å². The van der Waals surface area contributed by atoms with Crippen LogP contribution in [0.4, 0.5) is 0 Å². The van der Waals surface area contributed by atoms with E-state index in [1.54, 1.807) is 4.68 Å². The molecule has 3 heterocycles. The summed E-state index contributed by atoms with van der Waals surface area (Å²) in [6, 6.07) is 8.07. The number of ether oxygens (including phenoxy) is 2. The summed E-state index contributed by atoms with van der Waals surface area (Å²) in [5.74, 6) is 1.89. The van der Waals surface area contributed by atoms with E-state index >= 15 is 0 Å². The van der Waals surface area contributed by atoms with Gasteiger partial charge in [-0.25, -0.2) is 4.68 Å². The molecule has 2 aliphatic heterocycles. The van der Waals surface area contributed by atoms with Crippen LogP contribution in [0.2, 0.25) is 0 Å². The van der Waals surface area contributed by atoms with Crippen molar-refractivity contribution < 1.29 is 14.3 Å². The monoisotopic (exact) mass is 414 g/mol. The van der Waals surface area contributed by atoms with Gasteiger partial charge in [0.1, 0.15) is 11.9 Å². The molecule has 1 aromatic heterocycles. The number of rotatable bonds is 7. The van der Waals surface area contributed by atoms with Crippen molar-refractivity contribution in [3.05, 3.63) is 35.7 Å². The lowest BCUT2D eigenvalue weighted by atomic mass is 10.1. The maximum absolute atomic E-state index is 12.7. The Morgan fingerprint density at radius 1 is 1.17 bits per heavy atom. The number of benzene rings is 1. The fourth-order valence-electron chi connectivity index (χ4n) is 3.92. The predicted octanol–water partition coefficient (Wildman–Crippen LogP) is 1.27. The van der Waals surface area contributed by atoms with Crippen molar-refractivity contribution >= 4 is 5.91 Å². The van der Waals surface area contributed by atoms with E-state index in [2.05, 4.69) is 33.4 Å². The van der Waals surface area contributed by atoms with E-state index in [9.17, 15) is 4.79 Å². The summed E-state index contributed by atoms with van der Waals surface area (Å²) >= 11 is 0. The van der Waals surface area contributed by atoms with E-state index in [1.807, 2.05) is 23.1 Å². The molecule has 2 saturated heterocycles. The first-order valence-corrected chi connectivity index (χ1v) is 10.7. The molecule has 30 heavy (non-hydrogen) atoms. The largest absolute Gasteiger partial charge is 0.490 e. The topological polar surface area (TPSA) is 85.6 Å². The van der Waals surface area contributed by atoms with Crippen LogP contribution >= 0.6 is 0 Å². The molecule has 9 nitrogen and oxygen atoms in total. The van der Waals surface area contributed by atoms with Crippen LogP contribution in [0.3, 0.4) is 0 Å². The first-order chi connectivity index (χ1) is 14.7. The summed E-state index contributed by atoms with van der Waals surface area (Å²) in [6.07, 6.45) is 2.28. The molecule has 4 rings (SSSR count). The van der Waals surface area contributed by atoms with E-state index in [0.717, 1.165) is 69.4 Å². The Morgan fingerprint density at radius 2 is 1.93 bits per heavy atom. The van der Waals surface area contributed by atoms with E-state index in [-0.39, 0.29) is 12.0 Å². The maximum Gasteiger partial charge on any atom is 0.224 e. The predicted molar refractivity (Wildman–Crippen MR) is 110 cm³/mol. The normalized spacial score (nSPS) is 18.5. The average Bonchev–Trinajstić information content (AvgIpc) is 3.22. The second kappa shape index (κ2) is 9.99. The zero-order chi connectivity index (χ0) is 20.8. The van der Waals surface area contributed by atoms with Crippen molar-refractivity contribution in [2.75, 3.05) is 39.4 Å². The maximum atomic E-state index is 12.7. The highest BCUT2D eigenvalue weighted by molar-refractivity contribution is 5.76. The van der Waals surface area contributed by atoms with Gasteiger partial charge < -0.3 is 14.4 Å². The number of para-hydroxylation sites is 1. The van der Waals surface area contributed by atoms with Crippen LogP contribution in [0.15, 0.2) is 24.3 Å². The molecule has 0 atom stereocenters. The highest BCUT2D eigenvalue weighted by Crippen LogP contribution is 2.22. The Morgan fingerprint density at radius 3 is 2.70 bits per heavy atom. The summed E-state index contributed by atoms with van der Waals surface area (Å²) in [4.78, 5) is 16.9. The van der Waals surface area contributed by atoms with Gasteiger partial charge in [-0.15, -0.1) is 5.10 Å². The number of piperidine rings is 1. The van der Waals surface area contributed by atoms with Gasteiger partial charge in [0.05, 0.1) is 26.3 Å². The van der Waals surface area contributed by atoms with Gasteiger partial charge in [-0.3, -0.25) is 9.69 Å². The number of morpholine rings is 1. The number of carbonyl (C=O) groups is 1. The fraction of sp³-hybridized carbons (Fsp3) is 0.619. The van der Waals surface area contributed by atoms with Crippen molar-refractivity contribution in [1.82, 2.24) is 30.0 Å². The number of aryl methyl sites for hydroxylation is 2. The summed E-state index contributed by atoms with van der Waals surface area (Å²) in [6.45, 7) is 7.94. The van der Waals surface area contributed by atoms with Crippen LogP contribution in [0.25, 0.3) is 0 Å². The molecule has 2 aromatic rings. The highest BCUT2D eigenvalue weighted by atomic mass is 16.5. The lowest BCUT2D eigenvalue weighted by Crippen LogP contribution is -2.42. The molecular weight excluding hydrogens is 384 g/mol. The van der Waals surface area contributed by atoms with Crippen molar-refractivity contribution in [2.24, 2.45) is 0 Å². The van der Waals surface area contributed by atoms with Crippen LogP contribution < -0.4 is 4.74 Å². The SMILES string of the molecule is Cc1ccccc1OC1CCN(C(=O)CCn2nnnc2CN2CCOCC2)CC1. The Balaban J connectivity index is 1.22. The third-order valence-electron chi connectivity index (χ3n) is 5.79. The van der Waals surface area contributed by atoms with E-state index < -0.39 is 0 Å². The summed E-state index contributed by atoms with van der Waals surface area (Å²) in [5, 5.41) is 12.0. The lowest BCUT2D eigenvalue weighted by molar-refractivity contribution is -0.133. The number of aromatic nitrogens is 4. The third kappa shape index (κ3) is 5.34. The number of carbonyl (C=O) groups excluding carboxylic acids is 1. The molecule has 1 amide bonds. The van der Waals surface area contributed by atoms with Gasteiger partial charge in [0.2, 0.25) is 5.91 Å². The van der Waals surface area contributed by atoms with Gasteiger partial charge >= 0.3 is 0 Å². The van der Waals surface area contributed by atoms with Crippen LogP contribution in [0.1, 0.15) is 30.7 Å². The third-order valence-corrected chi connectivity index (χ3v) is 5.79. The van der Waals surface area contributed by atoms with Gasteiger partial charge in [-0.1, -0.05) is 18.2 Å². The Kier molecular flexibility index (Phi) is 6.91. The van der Waals surface area contributed by atoms with Crippen LogP contribution in [-0.2, 0) is 22.6 Å². The first kappa shape index (κ1) is 20.7. The molecule has 0 unspecified atom stereocenters. The van der Waals surface area contributed by atoms with Gasteiger partial charge in [0, 0.05) is 45.4 Å². The lowest BCUT2D eigenvalue weighted by Gasteiger charge is -2.32. The minimum absolute atomic E-state index is 0.150. The van der Waals surface area contributed by atoms with Crippen molar-refractivity contribution in [2.45, 2.75) is 45.4 Å². The smallest absolute Gasteiger partial charge is 0.224 e. The summed E-state index contributed by atoms with van der Waals surface area (Å²) in [5.41, 5.74) is 1.14. The number of hydrogen-bond donors (Lipinski definition) is 0. The summed E-state index contributed by atoms with van der Waals surface area (Å²) < 4.78 is 13.3. The minimum atomic E-state index is 0.150. The standard InChI is InChI=1S/C21H30N6O3/c1-17-4-2-3-5-19(17)30-18-6-9-26(10-7-18)21(28)8-11-27-20(22-23-24-27)16-25-12-14-29-15-13-25/h2-5,18H,6-16H2,1H3. The van der Waals surface area contributed by atoms with Crippen LogP contribution in [0, 0.1) is 6.92 Å². The van der Waals surface area contributed by atoms with Gasteiger partial charge in [0.15, 0.2) is 5.82 Å². The summed E-state index contributed by atoms with van der Waals surface area (Å²) in [7, 11) is 0. The Hall–Kier alpha value is -2.52. The van der Waals surface area contributed by atoms with Gasteiger partial charge in [0.25, 0.3) is 0 Å². The average molecular weight is 415 g/mol. The fourth-order valence-corrected chi connectivity index (χ4v) is 3.92. The number of likely N-dealkylation sites (tertiary alicyclic amines) is 1. The zero-order valence-corrected chi connectivity index (χ0v) is 17.6. The van der Waals surface area contributed by atoms with Gasteiger partial charge in [-0.05, 0) is 29.0 Å². The Bertz CT molecular complexity index is 828. The van der Waals surface area contributed by atoms with Gasteiger partial charge in [-0.2, -0.15) is 0 Å². The van der Waals surface area contributed by atoms with Crippen molar-refractivity contribution in [3.63, 3.8) is 0 Å². The zero-order valence-electron chi connectivity index (χ0n) is 17.6.